The molecule has 0 radical (unpaired) electrons. The van der Waals surface area contributed by atoms with Crippen molar-refractivity contribution in [3.63, 3.8) is 0 Å². The molecule has 0 amide bonds. The standard InChI is InChI=1S/C13H21N5O2/c1-13(2,3)12(19)20-18-8-6-17(7-9-18)11-5-4-10(14)15-16-11/h4-5H,6-9H2,1-3H3,(H2,14,15). The lowest BCUT2D eigenvalue weighted by Crippen LogP contribution is -2.48. The van der Waals surface area contributed by atoms with Crippen molar-refractivity contribution < 1.29 is 9.63 Å². The highest BCUT2D eigenvalue weighted by Gasteiger charge is 2.28. The van der Waals surface area contributed by atoms with E-state index in [1.807, 2.05) is 26.8 Å². The number of nitrogens with zero attached hydrogens (tertiary/aromatic N) is 4. The minimum absolute atomic E-state index is 0.210. The Labute approximate surface area is 118 Å². The van der Waals surface area contributed by atoms with Crippen LogP contribution in [0.25, 0.3) is 0 Å². The van der Waals surface area contributed by atoms with Gasteiger partial charge in [0.2, 0.25) is 0 Å². The van der Waals surface area contributed by atoms with Crippen molar-refractivity contribution in [2.24, 2.45) is 5.41 Å². The van der Waals surface area contributed by atoms with Gasteiger partial charge in [0.05, 0.1) is 18.5 Å². The smallest absolute Gasteiger partial charge is 0.330 e. The van der Waals surface area contributed by atoms with E-state index in [0.29, 0.717) is 18.9 Å². The van der Waals surface area contributed by atoms with Crippen LogP contribution in [0.5, 0.6) is 0 Å². The maximum Gasteiger partial charge on any atom is 0.330 e. The topological polar surface area (TPSA) is 84.6 Å². The van der Waals surface area contributed by atoms with Crippen LogP contribution in [0.3, 0.4) is 0 Å². The second kappa shape index (κ2) is 5.62. The van der Waals surface area contributed by atoms with E-state index in [9.17, 15) is 4.79 Å². The highest BCUT2D eigenvalue weighted by atomic mass is 16.7. The van der Waals surface area contributed by atoms with Crippen LogP contribution in [0, 0.1) is 5.41 Å². The van der Waals surface area contributed by atoms with E-state index in [2.05, 4.69) is 15.1 Å². The molecule has 110 valence electrons. The molecule has 2 N–H and O–H groups in total. The van der Waals surface area contributed by atoms with Gasteiger partial charge in [0, 0.05) is 13.1 Å². The molecule has 1 aliphatic heterocycles. The van der Waals surface area contributed by atoms with Gasteiger partial charge < -0.3 is 15.5 Å². The molecule has 7 nitrogen and oxygen atoms in total. The van der Waals surface area contributed by atoms with Crippen LogP contribution in [0.4, 0.5) is 11.6 Å². The van der Waals surface area contributed by atoms with E-state index in [0.717, 1.165) is 18.9 Å². The fraction of sp³-hybridized carbons (Fsp3) is 0.615. The van der Waals surface area contributed by atoms with Gasteiger partial charge in [-0.3, -0.25) is 0 Å². The Hall–Kier alpha value is -1.89. The van der Waals surface area contributed by atoms with Gasteiger partial charge in [-0.05, 0) is 32.9 Å². The molecule has 1 saturated heterocycles. The van der Waals surface area contributed by atoms with E-state index >= 15 is 0 Å². The maximum atomic E-state index is 11.8. The van der Waals surface area contributed by atoms with E-state index in [1.165, 1.54) is 0 Å². The predicted molar refractivity (Wildman–Crippen MR) is 75.8 cm³/mol. The summed E-state index contributed by atoms with van der Waals surface area (Å²) in [6, 6.07) is 3.58. The van der Waals surface area contributed by atoms with E-state index in [4.69, 9.17) is 10.6 Å². The third-order valence-corrected chi connectivity index (χ3v) is 3.06. The molecule has 0 aliphatic carbocycles. The summed E-state index contributed by atoms with van der Waals surface area (Å²) in [5, 5.41) is 9.60. The fourth-order valence-electron chi connectivity index (χ4n) is 1.77. The van der Waals surface area contributed by atoms with Crippen LogP contribution >= 0.6 is 0 Å². The molecule has 1 aromatic heterocycles. The molecule has 2 heterocycles. The number of anilines is 2. The summed E-state index contributed by atoms with van der Waals surface area (Å²) in [5.41, 5.74) is 5.03. The molecule has 0 saturated carbocycles. The lowest BCUT2D eigenvalue weighted by atomic mass is 9.98. The monoisotopic (exact) mass is 279 g/mol. The Morgan fingerprint density at radius 1 is 1.20 bits per heavy atom. The molecule has 0 atom stereocenters. The highest BCUT2D eigenvalue weighted by molar-refractivity contribution is 5.75. The Balaban J connectivity index is 1.86. The highest BCUT2D eigenvalue weighted by Crippen LogP contribution is 2.18. The summed E-state index contributed by atoms with van der Waals surface area (Å²) in [6.45, 7) is 8.29. The molecule has 0 unspecified atom stereocenters. The minimum Gasteiger partial charge on any atom is -0.382 e. The third kappa shape index (κ3) is 3.57. The second-order valence-corrected chi connectivity index (χ2v) is 5.86. The molecule has 1 fully saturated rings. The van der Waals surface area contributed by atoms with Crippen molar-refractivity contribution in [1.29, 1.82) is 0 Å². The van der Waals surface area contributed by atoms with E-state index in [-0.39, 0.29) is 5.97 Å². The maximum absolute atomic E-state index is 11.8. The second-order valence-electron chi connectivity index (χ2n) is 5.86. The SMILES string of the molecule is CC(C)(C)C(=O)ON1CCN(c2ccc(N)nn2)CC1. The number of piperazine rings is 1. The molecule has 2 rings (SSSR count). The van der Waals surface area contributed by atoms with E-state index < -0.39 is 5.41 Å². The molecular weight excluding hydrogens is 258 g/mol. The van der Waals surface area contributed by atoms with Gasteiger partial charge in [0.15, 0.2) is 5.82 Å². The third-order valence-electron chi connectivity index (χ3n) is 3.06. The normalized spacial score (nSPS) is 17.1. The number of rotatable bonds is 2. The largest absolute Gasteiger partial charge is 0.382 e. The van der Waals surface area contributed by atoms with Crippen LogP contribution in [-0.4, -0.2) is 47.4 Å². The van der Waals surface area contributed by atoms with Gasteiger partial charge in [-0.2, -0.15) is 0 Å². The molecule has 0 bridgehead atoms. The number of hydroxylamine groups is 2. The Bertz CT molecular complexity index is 461. The number of nitrogens with two attached hydrogens (primary N) is 1. The van der Waals surface area contributed by atoms with Crippen molar-refractivity contribution in [3.05, 3.63) is 12.1 Å². The number of hydrogen-bond acceptors (Lipinski definition) is 7. The number of nitrogen functional groups attached to an aromatic ring is 1. The quantitative estimate of drug-likeness (QED) is 0.852. The summed E-state index contributed by atoms with van der Waals surface area (Å²) in [5.74, 6) is 0.991. The minimum atomic E-state index is -0.487. The van der Waals surface area contributed by atoms with Gasteiger partial charge >= 0.3 is 5.97 Å². The molecule has 1 aromatic rings. The van der Waals surface area contributed by atoms with Crippen LogP contribution in [-0.2, 0) is 9.63 Å². The van der Waals surface area contributed by atoms with E-state index in [1.54, 1.807) is 11.1 Å². The molecule has 7 heteroatoms. The summed E-state index contributed by atoms with van der Waals surface area (Å²) >= 11 is 0. The lowest BCUT2D eigenvalue weighted by Gasteiger charge is -2.34. The Morgan fingerprint density at radius 2 is 1.85 bits per heavy atom. The van der Waals surface area contributed by atoms with Crippen LogP contribution < -0.4 is 10.6 Å². The Morgan fingerprint density at radius 3 is 2.35 bits per heavy atom. The number of carbonyl (C=O) groups is 1. The van der Waals surface area contributed by atoms with Crippen molar-refractivity contribution in [1.82, 2.24) is 15.3 Å². The van der Waals surface area contributed by atoms with Gasteiger partial charge in [0.25, 0.3) is 0 Å². The van der Waals surface area contributed by atoms with Gasteiger partial charge in [-0.1, -0.05) is 0 Å². The number of hydrogen-bond donors (Lipinski definition) is 1. The van der Waals surface area contributed by atoms with Gasteiger partial charge in [-0.15, -0.1) is 15.3 Å². The van der Waals surface area contributed by atoms with Crippen molar-refractivity contribution in [2.75, 3.05) is 36.8 Å². The first-order chi connectivity index (χ1) is 9.36. The zero-order chi connectivity index (χ0) is 14.8. The zero-order valence-electron chi connectivity index (χ0n) is 12.2. The molecule has 20 heavy (non-hydrogen) atoms. The molecular formula is C13H21N5O2. The van der Waals surface area contributed by atoms with Gasteiger partial charge in [-0.25, -0.2) is 4.79 Å². The molecule has 0 spiro atoms. The fourth-order valence-corrected chi connectivity index (χ4v) is 1.77. The van der Waals surface area contributed by atoms with Crippen LogP contribution in [0.15, 0.2) is 12.1 Å². The molecule has 0 aromatic carbocycles. The average molecular weight is 279 g/mol. The zero-order valence-corrected chi connectivity index (χ0v) is 12.2. The van der Waals surface area contributed by atoms with Crippen molar-refractivity contribution in [3.8, 4) is 0 Å². The number of carbonyl (C=O) groups excluding carboxylic acids is 1. The summed E-state index contributed by atoms with van der Waals surface area (Å²) < 4.78 is 0. The summed E-state index contributed by atoms with van der Waals surface area (Å²) in [4.78, 5) is 19.3. The summed E-state index contributed by atoms with van der Waals surface area (Å²) in [6.07, 6.45) is 0. The first kappa shape index (κ1) is 14.5. The first-order valence-electron chi connectivity index (χ1n) is 6.68. The van der Waals surface area contributed by atoms with Crippen molar-refractivity contribution in [2.45, 2.75) is 20.8 Å². The number of aromatic nitrogens is 2. The molecule has 1 aliphatic rings. The summed E-state index contributed by atoms with van der Waals surface area (Å²) in [7, 11) is 0. The van der Waals surface area contributed by atoms with Crippen LogP contribution in [0.1, 0.15) is 20.8 Å². The first-order valence-corrected chi connectivity index (χ1v) is 6.68. The van der Waals surface area contributed by atoms with Crippen LogP contribution in [0.2, 0.25) is 0 Å². The average Bonchev–Trinajstić information content (AvgIpc) is 2.39. The lowest BCUT2D eigenvalue weighted by molar-refractivity contribution is -0.201. The van der Waals surface area contributed by atoms with Gasteiger partial charge in [0.1, 0.15) is 5.82 Å². The predicted octanol–water partition coefficient (Wildman–Crippen LogP) is 0.685. The van der Waals surface area contributed by atoms with Crippen molar-refractivity contribution >= 4 is 17.6 Å². The Kier molecular flexibility index (Phi) is 4.08.